The van der Waals surface area contributed by atoms with Gasteiger partial charge in [0.15, 0.2) is 0 Å². The van der Waals surface area contributed by atoms with Gasteiger partial charge < -0.3 is 5.32 Å². The molecule has 0 radical (unpaired) electrons. The van der Waals surface area contributed by atoms with Gasteiger partial charge in [-0.3, -0.25) is 10.2 Å². The normalized spacial score (nSPS) is 10.9. The highest BCUT2D eigenvalue weighted by Crippen LogP contribution is 2.36. The molecule has 4 rings (SSSR count). The molecule has 0 unspecified atom stereocenters. The Labute approximate surface area is 183 Å². The Kier molecular flexibility index (Phi) is 6.14. The Morgan fingerprint density at radius 3 is 2.42 bits per heavy atom. The fourth-order valence-corrected chi connectivity index (χ4v) is 3.67. The Balaban J connectivity index is 1.59. The van der Waals surface area contributed by atoms with E-state index in [9.17, 15) is 9.18 Å². The first kappa shape index (κ1) is 20.4. The summed E-state index contributed by atoms with van der Waals surface area (Å²) >= 11 is 1.26. The number of hydrogen-bond donors (Lipinski definition) is 2. The average molecular weight is 431 g/mol. The molecule has 0 bridgehead atoms. The standard InChI is InChI=1S/C24H19FN4OS/c1-16-7-9-17(10-8-16)15-26-29-24-27-21(18-11-13-20(25)14-12-18)23(31-24)28-22(30)19-5-3-2-4-6-19/h2-15H,1H3,(H,27,29)(H,28,30). The number of aromatic nitrogens is 1. The number of anilines is 2. The zero-order valence-electron chi connectivity index (χ0n) is 16.7. The first-order valence-corrected chi connectivity index (χ1v) is 10.4. The molecule has 0 atom stereocenters. The van der Waals surface area contributed by atoms with E-state index >= 15 is 0 Å². The van der Waals surface area contributed by atoms with Crippen LogP contribution >= 0.6 is 11.3 Å². The number of hydrazone groups is 1. The second kappa shape index (κ2) is 9.32. The van der Waals surface area contributed by atoms with E-state index in [0.717, 1.165) is 5.56 Å². The minimum absolute atomic E-state index is 0.248. The molecule has 0 aliphatic heterocycles. The van der Waals surface area contributed by atoms with Crippen LogP contribution in [0.5, 0.6) is 0 Å². The number of rotatable bonds is 6. The molecule has 31 heavy (non-hydrogen) atoms. The molecule has 3 aromatic carbocycles. The van der Waals surface area contributed by atoms with E-state index in [-0.39, 0.29) is 11.7 Å². The van der Waals surface area contributed by atoms with E-state index in [4.69, 9.17) is 0 Å². The summed E-state index contributed by atoms with van der Waals surface area (Å²) in [5, 5.41) is 8.20. The number of carbonyl (C=O) groups excluding carboxylic acids is 1. The first-order chi connectivity index (χ1) is 15.1. The van der Waals surface area contributed by atoms with Crippen molar-refractivity contribution >= 4 is 33.6 Å². The van der Waals surface area contributed by atoms with E-state index in [0.29, 0.717) is 27.0 Å². The van der Waals surface area contributed by atoms with Crippen LogP contribution in [0.25, 0.3) is 11.3 Å². The van der Waals surface area contributed by atoms with Crippen molar-refractivity contribution in [2.45, 2.75) is 6.92 Å². The topological polar surface area (TPSA) is 66.4 Å². The van der Waals surface area contributed by atoms with Crippen LogP contribution in [0.2, 0.25) is 0 Å². The molecule has 154 valence electrons. The number of halogens is 1. The molecule has 1 aromatic heterocycles. The summed E-state index contributed by atoms with van der Waals surface area (Å²) < 4.78 is 13.4. The fraction of sp³-hybridized carbons (Fsp3) is 0.0417. The smallest absolute Gasteiger partial charge is 0.256 e. The predicted octanol–water partition coefficient (Wildman–Crippen LogP) is 5.96. The monoisotopic (exact) mass is 430 g/mol. The molecule has 5 nitrogen and oxygen atoms in total. The van der Waals surface area contributed by atoms with Crippen LogP contribution in [-0.2, 0) is 0 Å². The quantitative estimate of drug-likeness (QED) is 0.293. The Bertz CT molecular complexity index is 1200. The number of aryl methyl sites for hydroxylation is 1. The second-order valence-corrected chi connectivity index (χ2v) is 7.80. The van der Waals surface area contributed by atoms with Crippen molar-refractivity contribution in [3.8, 4) is 11.3 Å². The number of thiazole rings is 1. The lowest BCUT2D eigenvalue weighted by Gasteiger charge is -2.05. The molecule has 0 fully saturated rings. The van der Waals surface area contributed by atoms with Gasteiger partial charge >= 0.3 is 0 Å². The Hall–Kier alpha value is -3.84. The molecule has 0 saturated heterocycles. The second-order valence-electron chi connectivity index (χ2n) is 6.80. The van der Waals surface area contributed by atoms with Gasteiger partial charge in [-0.2, -0.15) is 5.10 Å². The Morgan fingerprint density at radius 2 is 1.71 bits per heavy atom. The lowest BCUT2D eigenvalue weighted by molar-refractivity contribution is 0.102. The average Bonchev–Trinajstić information content (AvgIpc) is 3.18. The third kappa shape index (κ3) is 5.21. The lowest BCUT2D eigenvalue weighted by atomic mass is 10.1. The predicted molar refractivity (Wildman–Crippen MR) is 124 cm³/mol. The molecule has 0 aliphatic carbocycles. The van der Waals surface area contributed by atoms with Crippen LogP contribution in [0, 0.1) is 12.7 Å². The maximum atomic E-state index is 13.4. The third-order valence-electron chi connectivity index (χ3n) is 4.46. The van der Waals surface area contributed by atoms with E-state index in [2.05, 4.69) is 20.8 Å². The van der Waals surface area contributed by atoms with Crippen LogP contribution < -0.4 is 10.7 Å². The maximum absolute atomic E-state index is 13.4. The molecule has 4 aromatic rings. The first-order valence-electron chi connectivity index (χ1n) is 9.57. The summed E-state index contributed by atoms with van der Waals surface area (Å²) in [5.74, 6) is -0.586. The molecule has 0 spiro atoms. The number of amides is 1. The minimum Gasteiger partial charge on any atom is -0.312 e. The van der Waals surface area contributed by atoms with Gasteiger partial charge in [0.05, 0.1) is 6.21 Å². The summed E-state index contributed by atoms with van der Waals surface area (Å²) in [6.45, 7) is 2.02. The zero-order chi connectivity index (χ0) is 21.6. The van der Waals surface area contributed by atoms with Gasteiger partial charge in [-0.1, -0.05) is 59.4 Å². The molecular weight excluding hydrogens is 411 g/mol. The molecule has 0 aliphatic rings. The van der Waals surface area contributed by atoms with Crippen molar-refractivity contribution in [1.29, 1.82) is 0 Å². The van der Waals surface area contributed by atoms with Crippen LogP contribution in [-0.4, -0.2) is 17.1 Å². The zero-order valence-corrected chi connectivity index (χ0v) is 17.5. The van der Waals surface area contributed by atoms with Gasteiger partial charge in [0, 0.05) is 11.1 Å². The van der Waals surface area contributed by atoms with Crippen molar-refractivity contribution in [2.24, 2.45) is 5.10 Å². The number of nitrogens with zero attached hydrogens (tertiary/aromatic N) is 2. The number of benzene rings is 3. The maximum Gasteiger partial charge on any atom is 0.256 e. The summed E-state index contributed by atoms with van der Waals surface area (Å²) in [6.07, 6.45) is 1.70. The number of hydrogen-bond acceptors (Lipinski definition) is 5. The fourth-order valence-electron chi connectivity index (χ4n) is 2.84. The largest absolute Gasteiger partial charge is 0.312 e. The van der Waals surface area contributed by atoms with Gasteiger partial charge in [0.25, 0.3) is 5.91 Å². The summed E-state index contributed by atoms with van der Waals surface area (Å²) in [7, 11) is 0. The molecule has 2 N–H and O–H groups in total. The van der Waals surface area contributed by atoms with Crippen molar-refractivity contribution in [1.82, 2.24) is 4.98 Å². The molecule has 7 heteroatoms. The third-order valence-corrected chi connectivity index (χ3v) is 5.33. The SMILES string of the molecule is Cc1ccc(C=NNc2nc(-c3ccc(F)cc3)c(NC(=O)c3ccccc3)s2)cc1. The highest BCUT2D eigenvalue weighted by Gasteiger charge is 2.16. The van der Waals surface area contributed by atoms with Gasteiger partial charge in [-0.05, 0) is 48.9 Å². The van der Waals surface area contributed by atoms with Gasteiger partial charge in [0.1, 0.15) is 16.5 Å². The highest BCUT2D eigenvalue weighted by atomic mass is 32.1. The van der Waals surface area contributed by atoms with Crippen LogP contribution in [0.4, 0.5) is 14.5 Å². The lowest BCUT2D eigenvalue weighted by Crippen LogP contribution is -2.11. The summed E-state index contributed by atoms with van der Waals surface area (Å²) in [4.78, 5) is 17.2. The van der Waals surface area contributed by atoms with Gasteiger partial charge in [-0.25, -0.2) is 9.37 Å². The molecule has 0 saturated carbocycles. The molecule has 1 heterocycles. The van der Waals surface area contributed by atoms with Crippen molar-refractivity contribution in [2.75, 3.05) is 10.7 Å². The van der Waals surface area contributed by atoms with Crippen molar-refractivity contribution in [3.63, 3.8) is 0 Å². The van der Waals surface area contributed by atoms with E-state index in [1.165, 1.54) is 29.0 Å². The molecular formula is C24H19FN4OS. The summed E-state index contributed by atoms with van der Waals surface area (Å²) in [5.41, 5.74) is 6.81. The summed E-state index contributed by atoms with van der Waals surface area (Å²) in [6, 6.07) is 22.9. The van der Waals surface area contributed by atoms with Gasteiger partial charge in [-0.15, -0.1) is 0 Å². The van der Waals surface area contributed by atoms with Crippen LogP contribution in [0.15, 0.2) is 84.0 Å². The van der Waals surface area contributed by atoms with E-state index in [1.807, 2.05) is 37.3 Å². The number of nitrogens with one attached hydrogen (secondary N) is 2. The van der Waals surface area contributed by atoms with Crippen molar-refractivity contribution in [3.05, 3.63) is 101 Å². The van der Waals surface area contributed by atoms with Crippen molar-refractivity contribution < 1.29 is 9.18 Å². The number of carbonyl (C=O) groups is 1. The van der Waals surface area contributed by atoms with Crippen LogP contribution in [0.3, 0.4) is 0 Å². The van der Waals surface area contributed by atoms with Gasteiger partial charge in [0.2, 0.25) is 5.13 Å². The minimum atomic E-state index is -0.338. The van der Waals surface area contributed by atoms with E-state index < -0.39 is 0 Å². The highest BCUT2D eigenvalue weighted by molar-refractivity contribution is 7.20. The molecule has 1 amide bonds. The van der Waals surface area contributed by atoms with Crippen LogP contribution in [0.1, 0.15) is 21.5 Å². The Morgan fingerprint density at radius 1 is 1.00 bits per heavy atom. The van der Waals surface area contributed by atoms with E-state index in [1.54, 1.807) is 42.6 Å².